The SMILES string of the molecule is CCCc1ccc(C2=CCc3cc(-c4ccc(OC(F)(F)F)cc4)c(F)cc3C2)cc1. The molecule has 0 aromatic heterocycles. The maximum atomic E-state index is 14.9. The highest BCUT2D eigenvalue weighted by Crippen LogP contribution is 2.34. The van der Waals surface area contributed by atoms with Gasteiger partial charge < -0.3 is 4.74 Å². The van der Waals surface area contributed by atoms with Crippen molar-refractivity contribution in [3.05, 3.63) is 94.8 Å². The highest BCUT2D eigenvalue weighted by molar-refractivity contribution is 5.73. The zero-order valence-corrected chi connectivity index (χ0v) is 17.1. The van der Waals surface area contributed by atoms with Crippen LogP contribution in [0.15, 0.2) is 66.7 Å². The fourth-order valence-corrected chi connectivity index (χ4v) is 3.98. The molecular formula is C26H22F4O. The van der Waals surface area contributed by atoms with Crippen molar-refractivity contribution in [2.24, 2.45) is 0 Å². The minimum absolute atomic E-state index is 0.327. The first-order valence-corrected chi connectivity index (χ1v) is 10.3. The van der Waals surface area contributed by atoms with Crippen molar-refractivity contribution < 1.29 is 22.3 Å². The van der Waals surface area contributed by atoms with Crippen LogP contribution in [0, 0.1) is 5.82 Å². The number of alkyl halides is 3. The molecule has 0 atom stereocenters. The summed E-state index contributed by atoms with van der Waals surface area (Å²) in [5, 5.41) is 0. The summed E-state index contributed by atoms with van der Waals surface area (Å²) in [7, 11) is 0. The van der Waals surface area contributed by atoms with Crippen LogP contribution >= 0.6 is 0 Å². The quantitative estimate of drug-likeness (QED) is 0.383. The van der Waals surface area contributed by atoms with E-state index < -0.39 is 6.36 Å². The number of benzene rings is 3. The molecule has 0 saturated heterocycles. The minimum Gasteiger partial charge on any atom is -0.406 e. The van der Waals surface area contributed by atoms with Gasteiger partial charge in [-0.2, -0.15) is 0 Å². The van der Waals surface area contributed by atoms with Crippen molar-refractivity contribution in [2.75, 3.05) is 0 Å². The summed E-state index contributed by atoms with van der Waals surface area (Å²) in [6.07, 6.45) is 0.911. The van der Waals surface area contributed by atoms with Crippen molar-refractivity contribution in [2.45, 2.75) is 39.0 Å². The largest absolute Gasteiger partial charge is 0.573 e. The van der Waals surface area contributed by atoms with E-state index in [1.54, 1.807) is 12.1 Å². The number of hydrogen-bond donors (Lipinski definition) is 0. The summed E-state index contributed by atoms with van der Waals surface area (Å²) in [4.78, 5) is 0. The van der Waals surface area contributed by atoms with Crippen LogP contribution in [-0.4, -0.2) is 6.36 Å². The van der Waals surface area contributed by atoms with Gasteiger partial charge in [-0.25, -0.2) is 4.39 Å². The highest BCUT2D eigenvalue weighted by Gasteiger charge is 2.31. The second-order valence-electron chi connectivity index (χ2n) is 7.73. The molecule has 1 aliphatic rings. The van der Waals surface area contributed by atoms with Gasteiger partial charge in [-0.15, -0.1) is 13.2 Å². The molecule has 0 bridgehead atoms. The zero-order chi connectivity index (χ0) is 22.0. The second-order valence-corrected chi connectivity index (χ2v) is 7.73. The molecule has 160 valence electrons. The van der Waals surface area contributed by atoms with Crippen LogP contribution in [0.5, 0.6) is 5.75 Å². The monoisotopic (exact) mass is 426 g/mol. The highest BCUT2D eigenvalue weighted by atomic mass is 19.4. The van der Waals surface area contributed by atoms with Gasteiger partial charge in [-0.1, -0.05) is 55.8 Å². The van der Waals surface area contributed by atoms with Crippen molar-refractivity contribution >= 4 is 5.57 Å². The molecule has 1 nitrogen and oxygen atoms in total. The molecule has 1 aliphatic carbocycles. The van der Waals surface area contributed by atoms with Crippen molar-refractivity contribution in [1.82, 2.24) is 0 Å². The summed E-state index contributed by atoms with van der Waals surface area (Å²) in [6, 6.07) is 17.1. The van der Waals surface area contributed by atoms with Crippen LogP contribution in [-0.2, 0) is 19.3 Å². The summed E-state index contributed by atoms with van der Waals surface area (Å²) in [6.45, 7) is 2.15. The van der Waals surface area contributed by atoms with E-state index in [9.17, 15) is 17.6 Å². The van der Waals surface area contributed by atoms with Gasteiger partial charge >= 0.3 is 6.36 Å². The molecule has 0 spiro atoms. The smallest absolute Gasteiger partial charge is 0.406 e. The Labute approximate surface area is 179 Å². The maximum Gasteiger partial charge on any atom is 0.573 e. The Morgan fingerprint density at radius 1 is 0.871 bits per heavy atom. The molecule has 31 heavy (non-hydrogen) atoms. The molecule has 0 unspecified atom stereocenters. The number of fused-ring (bicyclic) bond motifs is 1. The van der Waals surface area contributed by atoms with Crippen molar-refractivity contribution in [3.8, 4) is 16.9 Å². The maximum absolute atomic E-state index is 14.9. The summed E-state index contributed by atoms with van der Waals surface area (Å²) < 4.78 is 55.8. The number of halogens is 4. The van der Waals surface area contributed by atoms with Gasteiger partial charge in [0.25, 0.3) is 0 Å². The van der Waals surface area contributed by atoms with E-state index in [4.69, 9.17) is 0 Å². The fraction of sp³-hybridized carbons (Fsp3) is 0.231. The average Bonchev–Trinajstić information content (AvgIpc) is 2.73. The van der Waals surface area contributed by atoms with Gasteiger partial charge in [0.1, 0.15) is 11.6 Å². The third-order valence-electron chi connectivity index (χ3n) is 5.50. The lowest BCUT2D eigenvalue weighted by Crippen LogP contribution is -2.16. The van der Waals surface area contributed by atoms with Gasteiger partial charge in [0.2, 0.25) is 0 Å². The van der Waals surface area contributed by atoms with E-state index in [1.807, 2.05) is 0 Å². The number of hydrogen-bond acceptors (Lipinski definition) is 1. The number of rotatable bonds is 5. The summed E-state index contributed by atoms with van der Waals surface area (Å²) in [5.74, 6) is -0.713. The fourth-order valence-electron chi connectivity index (χ4n) is 3.98. The topological polar surface area (TPSA) is 9.23 Å². The van der Waals surface area contributed by atoms with Gasteiger partial charge in [0, 0.05) is 5.56 Å². The number of allylic oxidation sites excluding steroid dienone is 2. The molecule has 0 radical (unpaired) electrons. The molecule has 0 aliphatic heterocycles. The molecule has 0 heterocycles. The van der Waals surface area contributed by atoms with E-state index in [0.29, 0.717) is 24.0 Å². The Hall–Kier alpha value is -3.08. The Bertz CT molecular complexity index is 1090. The Morgan fingerprint density at radius 3 is 2.19 bits per heavy atom. The number of ether oxygens (including phenoxy) is 1. The zero-order valence-electron chi connectivity index (χ0n) is 17.1. The molecule has 3 aromatic carbocycles. The Kier molecular flexibility index (Phi) is 5.86. The molecule has 0 saturated carbocycles. The summed E-state index contributed by atoms with van der Waals surface area (Å²) in [5.41, 5.74) is 6.48. The predicted molar refractivity (Wildman–Crippen MR) is 114 cm³/mol. The standard InChI is InChI=1S/C26H22F4O/c1-2-3-17-4-6-18(7-5-17)20-8-9-21-15-24(25(27)16-22(21)14-20)19-10-12-23(13-11-19)31-26(28,29)30/h4-8,10-13,15-16H,2-3,9,14H2,1H3. The van der Waals surface area contributed by atoms with E-state index in [2.05, 4.69) is 42.0 Å². The van der Waals surface area contributed by atoms with Crippen molar-refractivity contribution in [1.29, 1.82) is 0 Å². The number of aryl methyl sites for hydroxylation is 1. The summed E-state index contributed by atoms with van der Waals surface area (Å²) >= 11 is 0. The lowest BCUT2D eigenvalue weighted by atomic mass is 9.86. The van der Waals surface area contributed by atoms with Crippen LogP contribution in [0.4, 0.5) is 17.6 Å². The third kappa shape index (κ3) is 4.98. The van der Waals surface area contributed by atoms with Gasteiger partial charge in [0.05, 0.1) is 0 Å². The van der Waals surface area contributed by atoms with Crippen LogP contribution in [0.2, 0.25) is 0 Å². The molecule has 0 amide bonds. The molecule has 4 rings (SSSR count). The minimum atomic E-state index is -4.75. The Morgan fingerprint density at radius 2 is 1.55 bits per heavy atom. The first-order valence-electron chi connectivity index (χ1n) is 10.3. The third-order valence-corrected chi connectivity index (χ3v) is 5.50. The molecule has 5 heteroatoms. The van der Waals surface area contributed by atoms with Gasteiger partial charge in [0.15, 0.2) is 0 Å². The van der Waals surface area contributed by atoms with Crippen LogP contribution < -0.4 is 4.74 Å². The van der Waals surface area contributed by atoms with Gasteiger partial charge in [-0.3, -0.25) is 0 Å². The first-order chi connectivity index (χ1) is 14.8. The van der Waals surface area contributed by atoms with E-state index in [0.717, 1.165) is 29.5 Å². The van der Waals surface area contributed by atoms with Crippen molar-refractivity contribution in [3.63, 3.8) is 0 Å². The van der Waals surface area contributed by atoms with E-state index >= 15 is 0 Å². The first kappa shape index (κ1) is 21.2. The Balaban J connectivity index is 1.55. The molecular weight excluding hydrogens is 404 g/mol. The van der Waals surface area contributed by atoms with E-state index in [-0.39, 0.29) is 11.6 Å². The lowest BCUT2D eigenvalue weighted by Gasteiger charge is -2.19. The van der Waals surface area contributed by atoms with Crippen LogP contribution in [0.25, 0.3) is 16.7 Å². The van der Waals surface area contributed by atoms with E-state index in [1.165, 1.54) is 35.4 Å². The lowest BCUT2D eigenvalue weighted by molar-refractivity contribution is -0.274. The molecule has 3 aromatic rings. The molecule has 0 N–H and O–H groups in total. The predicted octanol–water partition coefficient (Wildman–Crippen LogP) is 7.53. The second kappa shape index (κ2) is 8.58. The van der Waals surface area contributed by atoms with Crippen LogP contribution in [0.1, 0.15) is 35.6 Å². The van der Waals surface area contributed by atoms with Crippen LogP contribution in [0.3, 0.4) is 0 Å². The van der Waals surface area contributed by atoms with Gasteiger partial charge in [-0.05, 0) is 76.9 Å². The average molecular weight is 426 g/mol. The molecule has 0 fully saturated rings. The normalized spacial score (nSPS) is 13.5.